The minimum Gasteiger partial charge on any atom is -0.338 e. The number of carbonyl (C=O) groups is 1. The first kappa shape index (κ1) is 13.6. The van der Waals surface area contributed by atoms with Crippen LogP contribution >= 0.6 is 0 Å². The lowest BCUT2D eigenvalue weighted by Crippen LogP contribution is -2.32. The van der Waals surface area contributed by atoms with E-state index >= 15 is 0 Å². The van der Waals surface area contributed by atoms with Crippen LogP contribution in [0.1, 0.15) is 35.2 Å². The third-order valence-corrected chi connectivity index (χ3v) is 4.73. The molecule has 2 aliphatic rings. The average Bonchev–Trinajstić information content (AvgIpc) is 2.83. The molecule has 1 saturated heterocycles. The van der Waals surface area contributed by atoms with Gasteiger partial charge in [-0.3, -0.25) is 4.79 Å². The van der Waals surface area contributed by atoms with Crippen molar-refractivity contribution in [3.8, 4) is 0 Å². The summed E-state index contributed by atoms with van der Waals surface area (Å²) in [5, 5.41) is 0. The van der Waals surface area contributed by atoms with Gasteiger partial charge in [0.1, 0.15) is 5.82 Å². The standard InChI is InChI=1S/C16H21FN2O/c1-10-2-5-15(17)14(6-10)16(20)19-8-11-3-4-13(18)7-12(11)9-19/h2,5-6,11-13H,3-4,7-9,18H2,1H3/t11-,12+,13?/m1/s1. The Kier molecular flexibility index (Phi) is 3.50. The van der Waals surface area contributed by atoms with Crippen LogP contribution in [0.2, 0.25) is 0 Å². The number of hydrogen-bond acceptors (Lipinski definition) is 2. The van der Waals surface area contributed by atoms with Gasteiger partial charge in [-0.05, 0) is 50.2 Å². The largest absolute Gasteiger partial charge is 0.338 e. The molecule has 1 aliphatic carbocycles. The lowest BCUT2D eigenvalue weighted by molar-refractivity contribution is 0.0779. The molecule has 1 saturated carbocycles. The summed E-state index contributed by atoms with van der Waals surface area (Å²) in [4.78, 5) is 14.3. The molecule has 1 unspecified atom stereocenters. The fourth-order valence-electron chi connectivity index (χ4n) is 3.61. The average molecular weight is 276 g/mol. The predicted octanol–water partition coefficient (Wildman–Crippen LogP) is 2.33. The van der Waals surface area contributed by atoms with Crippen LogP contribution in [0.3, 0.4) is 0 Å². The lowest BCUT2D eigenvalue weighted by atomic mass is 9.79. The van der Waals surface area contributed by atoms with Gasteiger partial charge in [0.2, 0.25) is 0 Å². The van der Waals surface area contributed by atoms with Crippen molar-refractivity contribution in [2.24, 2.45) is 17.6 Å². The number of hydrogen-bond donors (Lipinski definition) is 1. The van der Waals surface area contributed by atoms with E-state index in [2.05, 4.69) is 0 Å². The maximum Gasteiger partial charge on any atom is 0.256 e. The van der Waals surface area contributed by atoms with E-state index in [1.807, 2.05) is 11.8 Å². The van der Waals surface area contributed by atoms with Crippen LogP contribution in [0.25, 0.3) is 0 Å². The second kappa shape index (κ2) is 5.17. The van der Waals surface area contributed by atoms with E-state index in [1.54, 1.807) is 12.1 Å². The number of aryl methyl sites for hydroxylation is 1. The molecule has 1 aromatic carbocycles. The Morgan fingerprint density at radius 2 is 2.05 bits per heavy atom. The highest BCUT2D eigenvalue weighted by molar-refractivity contribution is 5.94. The molecule has 1 amide bonds. The zero-order valence-electron chi connectivity index (χ0n) is 11.8. The summed E-state index contributed by atoms with van der Waals surface area (Å²) in [6.07, 6.45) is 3.12. The summed E-state index contributed by atoms with van der Waals surface area (Å²) >= 11 is 0. The number of rotatable bonds is 1. The van der Waals surface area contributed by atoms with Crippen molar-refractivity contribution in [3.63, 3.8) is 0 Å². The maximum absolute atomic E-state index is 13.8. The minimum atomic E-state index is -0.424. The monoisotopic (exact) mass is 276 g/mol. The molecule has 2 N–H and O–H groups in total. The molecule has 3 nitrogen and oxygen atoms in total. The highest BCUT2D eigenvalue weighted by Gasteiger charge is 2.39. The molecule has 1 heterocycles. The van der Waals surface area contributed by atoms with E-state index in [1.165, 1.54) is 6.07 Å². The van der Waals surface area contributed by atoms with Gasteiger partial charge in [0.15, 0.2) is 0 Å². The molecule has 1 aliphatic heterocycles. The fraction of sp³-hybridized carbons (Fsp3) is 0.562. The van der Waals surface area contributed by atoms with Crippen molar-refractivity contribution in [1.29, 1.82) is 0 Å². The van der Waals surface area contributed by atoms with Gasteiger partial charge in [-0.2, -0.15) is 0 Å². The SMILES string of the molecule is Cc1ccc(F)c(C(=O)N2C[C@H]3CCC(N)C[C@H]3C2)c1. The smallest absolute Gasteiger partial charge is 0.256 e. The number of nitrogens with two attached hydrogens (primary N) is 1. The number of fused-ring (bicyclic) bond motifs is 1. The molecule has 3 rings (SSSR count). The van der Waals surface area contributed by atoms with Gasteiger partial charge in [-0.15, -0.1) is 0 Å². The quantitative estimate of drug-likeness (QED) is 0.855. The van der Waals surface area contributed by atoms with Gasteiger partial charge in [-0.25, -0.2) is 4.39 Å². The zero-order valence-corrected chi connectivity index (χ0v) is 11.8. The van der Waals surface area contributed by atoms with E-state index in [0.29, 0.717) is 11.8 Å². The van der Waals surface area contributed by atoms with Crippen molar-refractivity contribution in [3.05, 3.63) is 35.1 Å². The molecule has 20 heavy (non-hydrogen) atoms. The summed E-state index contributed by atoms with van der Waals surface area (Å²) in [7, 11) is 0. The van der Waals surface area contributed by atoms with Crippen molar-refractivity contribution in [1.82, 2.24) is 4.90 Å². The molecule has 0 bridgehead atoms. The van der Waals surface area contributed by atoms with Crippen LogP contribution in [-0.2, 0) is 0 Å². The molecule has 0 radical (unpaired) electrons. The molecule has 4 heteroatoms. The molecular formula is C16H21FN2O. The number of halogens is 1. The van der Waals surface area contributed by atoms with Crippen molar-refractivity contribution in [2.75, 3.05) is 13.1 Å². The second-order valence-electron chi connectivity index (χ2n) is 6.29. The summed E-state index contributed by atoms with van der Waals surface area (Å²) in [6, 6.07) is 4.98. The highest BCUT2D eigenvalue weighted by atomic mass is 19.1. The van der Waals surface area contributed by atoms with E-state index in [-0.39, 0.29) is 17.5 Å². The Labute approximate surface area is 118 Å². The van der Waals surface area contributed by atoms with Gasteiger partial charge in [0.25, 0.3) is 5.91 Å². The van der Waals surface area contributed by atoms with Gasteiger partial charge < -0.3 is 10.6 Å². The van der Waals surface area contributed by atoms with Gasteiger partial charge in [0.05, 0.1) is 5.56 Å². The van der Waals surface area contributed by atoms with Crippen molar-refractivity contribution < 1.29 is 9.18 Å². The first-order valence-electron chi connectivity index (χ1n) is 7.35. The summed E-state index contributed by atoms with van der Waals surface area (Å²) in [5.41, 5.74) is 7.12. The number of amides is 1. The second-order valence-corrected chi connectivity index (χ2v) is 6.29. The minimum absolute atomic E-state index is 0.172. The van der Waals surface area contributed by atoms with Crippen LogP contribution in [0, 0.1) is 24.6 Å². The Bertz CT molecular complexity index is 531. The van der Waals surface area contributed by atoms with Crippen LogP contribution < -0.4 is 5.73 Å². The molecule has 2 fully saturated rings. The molecule has 0 aromatic heterocycles. The van der Waals surface area contributed by atoms with Crippen molar-refractivity contribution in [2.45, 2.75) is 32.2 Å². The molecular weight excluding hydrogens is 255 g/mol. The number of carbonyl (C=O) groups excluding carboxylic acids is 1. The number of nitrogens with zero attached hydrogens (tertiary/aromatic N) is 1. The fourth-order valence-corrected chi connectivity index (χ4v) is 3.61. The Hall–Kier alpha value is -1.42. The Morgan fingerprint density at radius 1 is 1.30 bits per heavy atom. The third kappa shape index (κ3) is 2.44. The van der Waals surface area contributed by atoms with Crippen LogP contribution in [0.5, 0.6) is 0 Å². The van der Waals surface area contributed by atoms with Crippen LogP contribution in [0.15, 0.2) is 18.2 Å². The van der Waals surface area contributed by atoms with Gasteiger partial charge in [-0.1, -0.05) is 11.6 Å². The highest BCUT2D eigenvalue weighted by Crippen LogP contribution is 2.36. The summed E-state index contributed by atoms with van der Waals surface area (Å²) in [6.45, 7) is 3.35. The van der Waals surface area contributed by atoms with Crippen molar-refractivity contribution >= 4 is 5.91 Å². The first-order valence-corrected chi connectivity index (χ1v) is 7.35. The molecule has 0 spiro atoms. The summed E-state index contributed by atoms with van der Waals surface area (Å²) < 4.78 is 13.8. The molecule has 3 atom stereocenters. The van der Waals surface area contributed by atoms with Gasteiger partial charge in [0, 0.05) is 19.1 Å². The normalized spacial score (nSPS) is 29.4. The van der Waals surface area contributed by atoms with E-state index in [4.69, 9.17) is 5.73 Å². The van der Waals surface area contributed by atoms with E-state index in [9.17, 15) is 9.18 Å². The van der Waals surface area contributed by atoms with Crippen LogP contribution in [0.4, 0.5) is 4.39 Å². The topological polar surface area (TPSA) is 46.3 Å². The van der Waals surface area contributed by atoms with Gasteiger partial charge >= 0.3 is 0 Å². The first-order chi connectivity index (χ1) is 9.54. The molecule has 108 valence electrons. The maximum atomic E-state index is 13.8. The van der Waals surface area contributed by atoms with Crippen LogP contribution in [-0.4, -0.2) is 29.9 Å². The van der Waals surface area contributed by atoms with E-state index < -0.39 is 5.82 Å². The Morgan fingerprint density at radius 3 is 2.85 bits per heavy atom. The third-order valence-electron chi connectivity index (χ3n) is 4.73. The zero-order chi connectivity index (χ0) is 14.3. The predicted molar refractivity (Wildman–Crippen MR) is 75.8 cm³/mol. The summed E-state index contributed by atoms with van der Waals surface area (Å²) in [5.74, 6) is 0.448. The number of benzene rings is 1. The molecule has 1 aromatic rings. The lowest BCUT2D eigenvalue weighted by Gasteiger charge is -2.27. The van der Waals surface area contributed by atoms with E-state index in [0.717, 1.165) is 37.9 Å². The Balaban J connectivity index is 1.77. The number of likely N-dealkylation sites (tertiary alicyclic amines) is 1.